The zero-order valence-electron chi connectivity index (χ0n) is 11.8. The summed E-state index contributed by atoms with van der Waals surface area (Å²) in [5, 5.41) is 6.57. The van der Waals surface area contributed by atoms with E-state index in [1.165, 1.54) is 11.4 Å². The third-order valence-corrected chi connectivity index (χ3v) is 5.80. The number of hydrogen-bond donors (Lipinski definition) is 2. The fraction of sp³-hybridized carbons (Fsp3) is 0.308. The van der Waals surface area contributed by atoms with Crippen LogP contribution in [0.5, 0.6) is 0 Å². The lowest BCUT2D eigenvalue weighted by Crippen LogP contribution is -2.28. The van der Waals surface area contributed by atoms with Crippen molar-refractivity contribution >= 4 is 26.0 Å². The van der Waals surface area contributed by atoms with E-state index in [0.717, 1.165) is 10.0 Å². The molecule has 0 unspecified atom stereocenters. The minimum Gasteiger partial charge on any atom is -0.326 e. The van der Waals surface area contributed by atoms with E-state index < -0.39 is 10.0 Å². The second-order valence-electron chi connectivity index (χ2n) is 4.69. The molecule has 114 valence electrons. The van der Waals surface area contributed by atoms with Crippen molar-refractivity contribution in [1.29, 1.82) is 0 Å². The van der Waals surface area contributed by atoms with E-state index >= 15 is 0 Å². The first-order chi connectivity index (χ1) is 9.87. The highest BCUT2D eigenvalue weighted by molar-refractivity contribution is 9.10. The zero-order chi connectivity index (χ0) is 15.6. The number of aromatic amines is 1. The Morgan fingerprint density at radius 2 is 2.05 bits per heavy atom. The maximum Gasteiger partial charge on any atom is 0.262 e. The topological polar surface area (TPSA) is 92.1 Å². The normalized spacial score (nSPS) is 12.0. The van der Waals surface area contributed by atoms with Gasteiger partial charge in [-0.1, -0.05) is 34.1 Å². The van der Waals surface area contributed by atoms with Crippen molar-refractivity contribution in [3.8, 4) is 0 Å². The minimum atomic E-state index is -3.69. The molecular weight excluding hydrogens is 356 g/mol. The Morgan fingerprint density at radius 3 is 2.67 bits per heavy atom. The highest BCUT2D eigenvalue weighted by atomic mass is 79.9. The van der Waals surface area contributed by atoms with Crippen molar-refractivity contribution in [2.45, 2.75) is 25.0 Å². The number of sulfonamides is 1. The molecule has 0 bridgehead atoms. The van der Waals surface area contributed by atoms with E-state index in [4.69, 9.17) is 5.73 Å². The zero-order valence-corrected chi connectivity index (χ0v) is 14.2. The summed E-state index contributed by atoms with van der Waals surface area (Å²) >= 11 is 3.42. The van der Waals surface area contributed by atoms with Crippen LogP contribution in [0, 0.1) is 6.92 Å². The van der Waals surface area contributed by atoms with Crippen LogP contribution >= 0.6 is 15.9 Å². The van der Waals surface area contributed by atoms with Crippen molar-refractivity contribution in [2.24, 2.45) is 5.73 Å². The molecule has 0 spiro atoms. The summed E-state index contributed by atoms with van der Waals surface area (Å²) in [6, 6.07) is 7.49. The van der Waals surface area contributed by atoms with Crippen LogP contribution in [0.1, 0.15) is 16.8 Å². The summed E-state index contributed by atoms with van der Waals surface area (Å²) in [7, 11) is -2.16. The van der Waals surface area contributed by atoms with E-state index in [9.17, 15) is 8.42 Å². The molecule has 0 atom stereocenters. The highest BCUT2D eigenvalue weighted by Gasteiger charge is 2.28. The molecule has 1 aromatic carbocycles. The standard InChI is InChI=1S/C13H17BrN4O2S/c1-9-11(7-15)13(17-16-9)21(19,20)18(2)8-10-5-3-4-6-12(10)14/h3-6H,7-8,15H2,1-2H3,(H,16,17). The number of benzene rings is 1. The molecule has 6 nitrogen and oxygen atoms in total. The summed E-state index contributed by atoms with van der Waals surface area (Å²) in [5.74, 6) is 0. The van der Waals surface area contributed by atoms with Gasteiger partial charge < -0.3 is 5.73 Å². The van der Waals surface area contributed by atoms with E-state index in [-0.39, 0.29) is 18.1 Å². The van der Waals surface area contributed by atoms with Gasteiger partial charge in [-0.25, -0.2) is 8.42 Å². The van der Waals surface area contributed by atoms with Crippen LogP contribution in [0.15, 0.2) is 33.8 Å². The molecule has 8 heteroatoms. The van der Waals surface area contributed by atoms with Crippen LogP contribution in [0.4, 0.5) is 0 Å². The summed E-state index contributed by atoms with van der Waals surface area (Å²) in [6.07, 6.45) is 0. The number of nitrogens with one attached hydrogen (secondary N) is 1. The molecule has 0 saturated heterocycles. The van der Waals surface area contributed by atoms with Crippen molar-refractivity contribution in [3.63, 3.8) is 0 Å². The lowest BCUT2D eigenvalue weighted by molar-refractivity contribution is 0.462. The van der Waals surface area contributed by atoms with Crippen LogP contribution in [-0.2, 0) is 23.1 Å². The molecule has 1 aromatic heterocycles. The van der Waals surface area contributed by atoms with Gasteiger partial charge in [0.2, 0.25) is 0 Å². The lowest BCUT2D eigenvalue weighted by atomic mass is 10.2. The van der Waals surface area contributed by atoms with Gasteiger partial charge in [0.1, 0.15) is 0 Å². The summed E-state index contributed by atoms with van der Waals surface area (Å²) in [6.45, 7) is 2.13. The first-order valence-electron chi connectivity index (χ1n) is 6.31. The van der Waals surface area contributed by atoms with Gasteiger partial charge >= 0.3 is 0 Å². The van der Waals surface area contributed by atoms with E-state index in [0.29, 0.717) is 11.3 Å². The van der Waals surface area contributed by atoms with E-state index in [1.807, 2.05) is 24.3 Å². The van der Waals surface area contributed by atoms with Gasteiger partial charge in [-0.3, -0.25) is 5.10 Å². The molecule has 1 heterocycles. The lowest BCUT2D eigenvalue weighted by Gasteiger charge is -2.17. The Kier molecular flexibility index (Phi) is 4.82. The smallest absolute Gasteiger partial charge is 0.262 e. The SMILES string of the molecule is Cc1[nH]nc(S(=O)(=O)N(C)Cc2ccccc2Br)c1CN. The molecule has 21 heavy (non-hydrogen) atoms. The highest BCUT2D eigenvalue weighted by Crippen LogP contribution is 2.23. The second kappa shape index (κ2) is 6.27. The van der Waals surface area contributed by atoms with E-state index in [2.05, 4.69) is 26.1 Å². The van der Waals surface area contributed by atoms with Gasteiger partial charge in [0.25, 0.3) is 10.0 Å². The van der Waals surface area contributed by atoms with Gasteiger partial charge in [0.15, 0.2) is 5.03 Å². The molecule has 0 radical (unpaired) electrons. The molecule has 3 N–H and O–H groups in total. The van der Waals surface area contributed by atoms with Crippen molar-refractivity contribution in [2.75, 3.05) is 7.05 Å². The largest absolute Gasteiger partial charge is 0.326 e. The average molecular weight is 373 g/mol. The molecule has 0 fully saturated rings. The maximum absolute atomic E-state index is 12.6. The summed E-state index contributed by atoms with van der Waals surface area (Å²) in [5.41, 5.74) is 7.69. The fourth-order valence-corrected chi connectivity index (χ4v) is 3.71. The third-order valence-electron chi connectivity index (χ3n) is 3.25. The van der Waals surface area contributed by atoms with Crippen molar-refractivity contribution < 1.29 is 8.42 Å². The number of nitrogens with two attached hydrogens (primary N) is 1. The molecule has 2 aromatic rings. The number of nitrogens with zero attached hydrogens (tertiary/aromatic N) is 2. The quantitative estimate of drug-likeness (QED) is 0.836. The van der Waals surface area contributed by atoms with E-state index in [1.54, 1.807) is 6.92 Å². The average Bonchev–Trinajstić information content (AvgIpc) is 2.82. The predicted molar refractivity (Wildman–Crippen MR) is 84.0 cm³/mol. The second-order valence-corrected chi connectivity index (χ2v) is 7.50. The van der Waals surface area contributed by atoms with Crippen LogP contribution in [0.2, 0.25) is 0 Å². The van der Waals surface area contributed by atoms with Crippen LogP contribution in [-0.4, -0.2) is 30.0 Å². The summed E-state index contributed by atoms with van der Waals surface area (Å²) < 4.78 is 27.4. The number of aromatic nitrogens is 2. The number of hydrogen-bond acceptors (Lipinski definition) is 4. The Bertz CT molecular complexity index is 742. The molecular formula is C13H17BrN4O2S. The number of halogens is 1. The van der Waals surface area contributed by atoms with Crippen LogP contribution < -0.4 is 5.73 Å². The molecule has 2 rings (SSSR count). The van der Waals surface area contributed by atoms with Crippen molar-refractivity contribution in [1.82, 2.24) is 14.5 Å². The number of rotatable bonds is 5. The molecule has 0 amide bonds. The first-order valence-corrected chi connectivity index (χ1v) is 8.55. The molecule has 0 aliphatic heterocycles. The Labute approximate surface area is 132 Å². The van der Waals surface area contributed by atoms with Gasteiger partial charge in [0, 0.05) is 35.9 Å². The Hall–Kier alpha value is -1.22. The van der Waals surface area contributed by atoms with Gasteiger partial charge in [-0.05, 0) is 18.6 Å². The minimum absolute atomic E-state index is 0.00273. The van der Waals surface area contributed by atoms with Crippen LogP contribution in [0.25, 0.3) is 0 Å². The monoisotopic (exact) mass is 372 g/mol. The maximum atomic E-state index is 12.6. The van der Waals surface area contributed by atoms with Gasteiger partial charge in [0.05, 0.1) is 0 Å². The van der Waals surface area contributed by atoms with Gasteiger partial charge in [-0.15, -0.1) is 0 Å². The molecule has 0 aliphatic carbocycles. The third kappa shape index (κ3) is 3.18. The fourth-order valence-electron chi connectivity index (χ4n) is 1.98. The summed E-state index contributed by atoms with van der Waals surface area (Å²) in [4.78, 5) is 0. The molecule has 0 saturated carbocycles. The number of aryl methyl sites for hydroxylation is 1. The predicted octanol–water partition coefficient (Wildman–Crippen LogP) is 1.76. The van der Waals surface area contributed by atoms with Gasteiger partial charge in [-0.2, -0.15) is 9.40 Å². The first kappa shape index (κ1) is 16.2. The van der Waals surface area contributed by atoms with Crippen molar-refractivity contribution in [3.05, 3.63) is 45.6 Å². The Balaban J connectivity index is 2.33. The van der Waals surface area contributed by atoms with Crippen LogP contribution in [0.3, 0.4) is 0 Å². The molecule has 0 aliphatic rings. The number of H-pyrrole nitrogens is 1. The Morgan fingerprint density at radius 1 is 1.38 bits per heavy atom.